The van der Waals surface area contributed by atoms with Crippen LogP contribution in [0.4, 0.5) is 5.82 Å². The van der Waals surface area contributed by atoms with E-state index in [1.54, 1.807) is 0 Å². The van der Waals surface area contributed by atoms with Gasteiger partial charge in [-0.25, -0.2) is 4.98 Å². The van der Waals surface area contributed by atoms with Gasteiger partial charge in [-0.2, -0.15) is 0 Å². The van der Waals surface area contributed by atoms with E-state index in [2.05, 4.69) is 33.8 Å². The monoisotopic (exact) mass is 278 g/mol. The molecule has 1 saturated heterocycles. The van der Waals surface area contributed by atoms with Gasteiger partial charge < -0.3 is 15.4 Å². The molecular formula is C15H26N4O. The zero-order chi connectivity index (χ0) is 14.2. The van der Waals surface area contributed by atoms with Crippen molar-refractivity contribution in [2.24, 2.45) is 5.73 Å². The predicted octanol–water partition coefficient (Wildman–Crippen LogP) is 1.09. The van der Waals surface area contributed by atoms with Crippen molar-refractivity contribution in [1.82, 2.24) is 9.88 Å². The van der Waals surface area contributed by atoms with Crippen molar-refractivity contribution in [3.8, 4) is 0 Å². The Kier molecular flexibility index (Phi) is 6.24. The predicted molar refractivity (Wildman–Crippen MR) is 81.9 cm³/mol. The lowest BCUT2D eigenvalue weighted by Crippen LogP contribution is -2.47. The molecule has 1 fully saturated rings. The molecule has 0 bridgehead atoms. The van der Waals surface area contributed by atoms with Gasteiger partial charge >= 0.3 is 0 Å². The Morgan fingerprint density at radius 2 is 2.00 bits per heavy atom. The molecule has 5 nitrogen and oxygen atoms in total. The zero-order valence-electron chi connectivity index (χ0n) is 12.4. The van der Waals surface area contributed by atoms with E-state index in [9.17, 15) is 0 Å². The van der Waals surface area contributed by atoms with Gasteiger partial charge in [0.25, 0.3) is 0 Å². The quantitative estimate of drug-likeness (QED) is 0.757. The molecule has 2 heterocycles. The Bertz CT molecular complexity index is 374. The number of ether oxygens (including phenoxy) is 1. The summed E-state index contributed by atoms with van der Waals surface area (Å²) in [5.74, 6) is 1.06. The molecule has 0 unspecified atom stereocenters. The normalized spacial score (nSPS) is 16.6. The second kappa shape index (κ2) is 8.19. The summed E-state index contributed by atoms with van der Waals surface area (Å²) in [5, 5.41) is 0. The summed E-state index contributed by atoms with van der Waals surface area (Å²) in [4.78, 5) is 9.28. The highest BCUT2D eigenvalue weighted by Crippen LogP contribution is 2.13. The molecule has 0 amide bonds. The summed E-state index contributed by atoms with van der Waals surface area (Å²) in [6.07, 6.45) is 2.97. The van der Waals surface area contributed by atoms with Gasteiger partial charge in [-0.1, -0.05) is 13.0 Å². The highest BCUT2D eigenvalue weighted by atomic mass is 16.5. The van der Waals surface area contributed by atoms with E-state index in [4.69, 9.17) is 10.5 Å². The van der Waals surface area contributed by atoms with E-state index in [-0.39, 0.29) is 0 Å². The average Bonchev–Trinajstić information content (AvgIpc) is 2.52. The molecule has 112 valence electrons. The molecule has 0 aromatic carbocycles. The number of nitrogens with two attached hydrogens (primary N) is 1. The molecule has 2 N–H and O–H groups in total. The minimum atomic E-state index is 0.554. The molecule has 2 rings (SSSR count). The summed E-state index contributed by atoms with van der Waals surface area (Å²) in [7, 11) is 0. The molecule has 0 aliphatic carbocycles. The lowest BCUT2D eigenvalue weighted by atomic mass is 10.2. The first kappa shape index (κ1) is 15.2. The molecule has 0 spiro atoms. The molecule has 1 aromatic rings. The highest BCUT2D eigenvalue weighted by Gasteiger charge is 2.17. The number of rotatable bonds is 7. The third kappa shape index (κ3) is 4.44. The third-order valence-corrected chi connectivity index (χ3v) is 3.64. The van der Waals surface area contributed by atoms with E-state index in [0.717, 1.165) is 63.7 Å². The highest BCUT2D eigenvalue weighted by molar-refractivity contribution is 5.39. The van der Waals surface area contributed by atoms with E-state index < -0.39 is 0 Å². The summed E-state index contributed by atoms with van der Waals surface area (Å²) in [5.41, 5.74) is 6.68. The average molecular weight is 278 g/mol. The minimum Gasteiger partial charge on any atom is -0.380 e. The van der Waals surface area contributed by atoms with Crippen molar-refractivity contribution in [3.63, 3.8) is 0 Å². The first-order valence-corrected chi connectivity index (χ1v) is 7.53. The van der Waals surface area contributed by atoms with Crippen molar-refractivity contribution in [3.05, 3.63) is 23.9 Å². The molecule has 0 atom stereocenters. The van der Waals surface area contributed by atoms with Gasteiger partial charge in [0.1, 0.15) is 5.82 Å². The number of aromatic nitrogens is 1. The van der Waals surface area contributed by atoms with E-state index in [0.29, 0.717) is 6.54 Å². The number of hydrogen-bond acceptors (Lipinski definition) is 5. The SMILES string of the molecule is CCCOCCN1CCN(c2ccc(CN)cn2)CC1. The van der Waals surface area contributed by atoms with Crippen molar-refractivity contribution in [1.29, 1.82) is 0 Å². The van der Waals surface area contributed by atoms with Gasteiger partial charge in [0.05, 0.1) is 6.61 Å². The third-order valence-electron chi connectivity index (χ3n) is 3.64. The molecule has 1 aliphatic rings. The molecule has 1 aromatic heterocycles. The van der Waals surface area contributed by atoms with Crippen LogP contribution in [0.2, 0.25) is 0 Å². The van der Waals surface area contributed by atoms with E-state index in [1.807, 2.05) is 6.20 Å². The topological polar surface area (TPSA) is 54.6 Å². The number of hydrogen-bond donors (Lipinski definition) is 1. The fourth-order valence-electron chi connectivity index (χ4n) is 2.37. The van der Waals surface area contributed by atoms with Crippen molar-refractivity contribution in [2.45, 2.75) is 19.9 Å². The fraction of sp³-hybridized carbons (Fsp3) is 0.667. The molecular weight excluding hydrogens is 252 g/mol. The van der Waals surface area contributed by atoms with Crippen LogP contribution < -0.4 is 10.6 Å². The van der Waals surface area contributed by atoms with Crippen LogP contribution in [0.25, 0.3) is 0 Å². The van der Waals surface area contributed by atoms with Gasteiger partial charge in [0.15, 0.2) is 0 Å². The Morgan fingerprint density at radius 1 is 1.20 bits per heavy atom. The summed E-state index contributed by atoms with van der Waals surface area (Å²) in [6, 6.07) is 4.13. The van der Waals surface area contributed by atoms with E-state index >= 15 is 0 Å². The standard InChI is InChI=1S/C15H26N4O/c1-2-10-20-11-9-18-5-7-19(8-6-18)15-4-3-14(12-16)13-17-15/h3-4,13H,2,5-12,16H2,1H3. The largest absolute Gasteiger partial charge is 0.380 e. The number of piperazine rings is 1. The van der Waals surface area contributed by atoms with Gasteiger partial charge in [-0.05, 0) is 18.1 Å². The second-order valence-corrected chi connectivity index (χ2v) is 5.17. The fourth-order valence-corrected chi connectivity index (χ4v) is 2.37. The van der Waals surface area contributed by atoms with Crippen LogP contribution in [0.5, 0.6) is 0 Å². The van der Waals surface area contributed by atoms with Crippen molar-refractivity contribution in [2.75, 3.05) is 50.8 Å². The Hall–Kier alpha value is -1.17. The van der Waals surface area contributed by atoms with E-state index in [1.165, 1.54) is 0 Å². The summed E-state index contributed by atoms with van der Waals surface area (Å²) < 4.78 is 5.54. The van der Waals surface area contributed by atoms with Crippen LogP contribution in [-0.2, 0) is 11.3 Å². The first-order chi connectivity index (χ1) is 9.83. The lowest BCUT2D eigenvalue weighted by Gasteiger charge is -2.35. The molecule has 20 heavy (non-hydrogen) atoms. The van der Waals surface area contributed by atoms with Gasteiger partial charge in [-0.15, -0.1) is 0 Å². The van der Waals surface area contributed by atoms with Crippen molar-refractivity contribution < 1.29 is 4.74 Å². The maximum atomic E-state index is 5.59. The number of pyridine rings is 1. The van der Waals surface area contributed by atoms with Crippen LogP contribution in [0.3, 0.4) is 0 Å². The summed E-state index contributed by atoms with van der Waals surface area (Å²) in [6.45, 7) is 9.67. The zero-order valence-corrected chi connectivity index (χ0v) is 12.4. The van der Waals surface area contributed by atoms with Crippen LogP contribution in [-0.4, -0.2) is 55.8 Å². The first-order valence-electron chi connectivity index (χ1n) is 7.53. The van der Waals surface area contributed by atoms with Crippen LogP contribution in [0.15, 0.2) is 18.3 Å². The van der Waals surface area contributed by atoms with Gasteiger partial charge in [0.2, 0.25) is 0 Å². The smallest absolute Gasteiger partial charge is 0.128 e. The van der Waals surface area contributed by atoms with Gasteiger partial charge in [0, 0.05) is 52.1 Å². The Morgan fingerprint density at radius 3 is 2.60 bits per heavy atom. The lowest BCUT2D eigenvalue weighted by molar-refractivity contribution is 0.102. The Balaban J connectivity index is 1.73. The molecule has 0 saturated carbocycles. The Labute approximate surface area is 121 Å². The molecule has 1 aliphatic heterocycles. The molecule has 5 heteroatoms. The maximum absolute atomic E-state index is 5.59. The van der Waals surface area contributed by atoms with Crippen LogP contribution >= 0.6 is 0 Å². The van der Waals surface area contributed by atoms with Crippen LogP contribution in [0, 0.1) is 0 Å². The second-order valence-electron chi connectivity index (χ2n) is 5.17. The molecule has 0 radical (unpaired) electrons. The minimum absolute atomic E-state index is 0.554. The van der Waals surface area contributed by atoms with Crippen LogP contribution in [0.1, 0.15) is 18.9 Å². The number of nitrogens with zero attached hydrogens (tertiary/aromatic N) is 3. The summed E-state index contributed by atoms with van der Waals surface area (Å²) >= 11 is 0. The van der Waals surface area contributed by atoms with Gasteiger partial charge in [-0.3, -0.25) is 4.90 Å². The maximum Gasteiger partial charge on any atom is 0.128 e. The van der Waals surface area contributed by atoms with Crippen molar-refractivity contribution >= 4 is 5.82 Å². The number of anilines is 1.